The van der Waals surface area contributed by atoms with Gasteiger partial charge in [0.2, 0.25) is 0 Å². The van der Waals surface area contributed by atoms with E-state index in [4.69, 9.17) is 5.73 Å². The molecule has 0 radical (unpaired) electrons. The van der Waals surface area contributed by atoms with Crippen LogP contribution < -0.4 is 5.73 Å². The van der Waals surface area contributed by atoms with Gasteiger partial charge in [0.15, 0.2) is 0 Å². The van der Waals surface area contributed by atoms with Crippen LogP contribution in [0.1, 0.15) is 30.4 Å². The molecule has 1 aliphatic rings. The van der Waals surface area contributed by atoms with Crippen molar-refractivity contribution in [3.8, 4) is 0 Å². The van der Waals surface area contributed by atoms with Gasteiger partial charge in [0.05, 0.1) is 0 Å². The summed E-state index contributed by atoms with van der Waals surface area (Å²) in [6, 6.07) is 6.47. The van der Waals surface area contributed by atoms with Gasteiger partial charge in [0.1, 0.15) is 0 Å². The molecule has 84 valence electrons. The summed E-state index contributed by atoms with van der Waals surface area (Å²) in [4.78, 5) is 3.37. The second-order valence-electron chi connectivity index (χ2n) is 5.17. The van der Waals surface area contributed by atoms with E-state index in [1.54, 1.807) is 0 Å². The van der Waals surface area contributed by atoms with Crippen LogP contribution >= 0.6 is 0 Å². The molecule has 0 bridgehead atoms. The van der Waals surface area contributed by atoms with Crippen LogP contribution in [-0.4, -0.2) is 10.5 Å². The molecule has 1 aliphatic carbocycles. The predicted molar refractivity (Wildman–Crippen MR) is 67.5 cm³/mol. The van der Waals surface area contributed by atoms with E-state index in [0.717, 1.165) is 12.8 Å². The first-order valence-corrected chi connectivity index (χ1v) is 6.02. The van der Waals surface area contributed by atoms with Crippen LogP contribution in [0.2, 0.25) is 0 Å². The van der Waals surface area contributed by atoms with Crippen molar-refractivity contribution in [2.75, 3.05) is 0 Å². The van der Waals surface area contributed by atoms with E-state index in [-0.39, 0.29) is 5.54 Å². The number of H-pyrrole nitrogens is 1. The van der Waals surface area contributed by atoms with Crippen molar-refractivity contribution in [3.63, 3.8) is 0 Å². The summed E-state index contributed by atoms with van der Waals surface area (Å²) >= 11 is 0. The molecule has 0 aliphatic heterocycles. The van der Waals surface area contributed by atoms with Gasteiger partial charge >= 0.3 is 0 Å². The summed E-state index contributed by atoms with van der Waals surface area (Å²) in [6.45, 7) is 2.15. The van der Waals surface area contributed by atoms with E-state index in [1.807, 2.05) is 0 Å². The molecule has 1 aromatic heterocycles. The largest absolute Gasteiger partial charge is 0.361 e. The van der Waals surface area contributed by atoms with Gasteiger partial charge in [-0.25, -0.2) is 0 Å². The van der Waals surface area contributed by atoms with Crippen molar-refractivity contribution in [2.24, 2.45) is 5.73 Å². The van der Waals surface area contributed by atoms with E-state index in [1.165, 1.54) is 34.9 Å². The maximum Gasteiger partial charge on any atom is 0.0486 e. The van der Waals surface area contributed by atoms with Gasteiger partial charge < -0.3 is 10.7 Å². The zero-order valence-electron chi connectivity index (χ0n) is 9.72. The monoisotopic (exact) mass is 214 g/mol. The Balaban J connectivity index is 1.89. The molecule has 1 aromatic carbocycles. The van der Waals surface area contributed by atoms with E-state index in [0.29, 0.717) is 0 Å². The maximum absolute atomic E-state index is 6.13. The highest BCUT2D eigenvalue weighted by Gasteiger charge is 2.37. The van der Waals surface area contributed by atoms with E-state index in [2.05, 4.69) is 36.3 Å². The second-order valence-corrected chi connectivity index (χ2v) is 5.17. The Morgan fingerprint density at radius 1 is 1.38 bits per heavy atom. The standard InChI is InChI=1S/C14H18N2/c1-10-3-2-4-12-11(9-16-13(10)12)5-6-14(15)7-8-14/h2-4,9,16H,5-8,15H2,1H3. The normalized spacial score (nSPS) is 17.9. The fourth-order valence-electron chi connectivity index (χ4n) is 2.36. The zero-order valence-corrected chi connectivity index (χ0v) is 9.72. The van der Waals surface area contributed by atoms with Crippen LogP contribution in [0.25, 0.3) is 10.9 Å². The highest BCUT2D eigenvalue weighted by molar-refractivity contribution is 5.85. The number of nitrogens with two attached hydrogens (primary N) is 1. The Morgan fingerprint density at radius 3 is 2.94 bits per heavy atom. The summed E-state index contributed by atoms with van der Waals surface area (Å²) in [7, 11) is 0. The van der Waals surface area contributed by atoms with Gasteiger partial charge in [0.25, 0.3) is 0 Å². The van der Waals surface area contributed by atoms with Crippen LogP contribution in [0.3, 0.4) is 0 Å². The van der Waals surface area contributed by atoms with Crippen molar-refractivity contribution in [3.05, 3.63) is 35.5 Å². The quantitative estimate of drug-likeness (QED) is 0.810. The van der Waals surface area contributed by atoms with E-state index < -0.39 is 0 Å². The number of hydrogen-bond acceptors (Lipinski definition) is 1. The molecule has 2 nitrogen and oxygen atoms in total. The van der Waals surface area contributed by atoms with Gasteiger partial charge in [-0.05, 0) is 43.7 Å². The van der Waals surface area contributed by atoms with Crippen LogP contribution in [0.4, 0.5) is 0 Å². The molecule has 0 amide bonds. The smallest absolute Gasteiger partial charge is 0.0486 e. The second kappa shape index (κ2) is 3.36. The number of aromatic amines is 1. The Kier molecular flexibility index (Phi) is 2.08. The molecule has 2 aromatic rings. The summed E-state index contributed by atoms with van der Waals surface area (Å²) in [6.07, 6.45) is 6.76. The minimum Gasteiger partial charge on any atom is -0.361 e. The van der Waals surface area contributed by atoms with Gasteiger partial charge in [0, 0.05) is 22.6 Å². The maximum atomic E-state index is 6.13. The lowest BCUT2D eigenvalue weighted by Crippen LogP contribution is -2.21. The zero-order chi connectivity index (χ0) is 11.2. The number of hydrogen-bond donors (Lipinski definition) is 2. The molecule has 1 fully saturated rings. The topological polar surface area (TPSA) is 41.8 Å². The summed E-state index contributed by atoms with van der Waals surface area (Å²) in [5.41, 5.74) is 10.3. The van der Waals surface area contributed by atoms with Crippen LogP contribution in [0.5, 0.6) is 0 Å². The number of para-hydroxylation sites is 1. The van der Waals surface area contributed by atoms with Gasteiger partial charge in [-0.15, -0.1) is 0 Å². The minimum atomic E-state index is 0.160. The lowest BCUT2D eigenvalue weighted by Gasteiger charge is -2.07. The number of fused-ring (bicyclic) bond motifs is 1. The fraction of sp³-hybridized carbons (Fsp3) is 0.429. The van der Waals surface area contributed by atoms with E-state index in [9.17, 15) is 0 Å². The molecule has 16 heavy (non-hydrogen) atoms. The number of nitrogens with one attached hydrogen (secondary N) is 1. The highest BCUT2D eigenvalue weighted by atomic mass is 14.8. The third-order valence-corrected chi connectivity index (χ3v) is 3.79. The number of rotatable bonds is 3. The molecule has 1 heterocycles. The van der Waals surface area contributed by atoms with Crippen molar-refractivity contribution < 1.29 is 0 Å². The van der Waals surface area contributed by atoms with Crippen LogP contribution in [0, 0.1) is 6.92 Å². The van der Waals surface area contributed by atoms with E-state index >= 15 is 0 Å². The summed E-state index contributed by atoms with van der Waals surface area (Å²) in [5.74, 6) is 0. The minimum absolute atomic E-state index is 0.160. The van der Waals surface area contributed by atoms with Crippen molar-refractivity contribution in [2.45, 2.75) is 38.1 Å². The predicted octanol–water partition coefficient (Wildman–Crippen LogP) is 2.90. The van der Waals surface area contributed by atoms with Crippen LogP contribution in [0.15, 0.2) is 24.4 Å². The molecule has 2 heteroatoms. The highest BCUT2D eigenvalue weighted by Crippen LogP contribution is 2.37. The number of aromatic nitrogens is 1. The lowest BCUT2D eigenvalue weighted by molar-refractivity contribution is 0.610. The molecule has 0 spiro atoms. The van der Waals surface area contributed by atoms with Crippen molar-refractivity contribution >= 4 is 10.9 Å². The number of aryl methyl sites for hydroxylation is 2. The molecular formula is C14H18N2. The molecule has 0 atom stereocenters. The number of benzene rings is 1. The molecule has 0 unspecified atom stereocenters. The molecule has 3 rings (SSSR count). The SMILES string of the molecule is Cc1cccc2c(CCC3(N)CC3)c[nH]c12. The lowest BCUT2D eigenvalue weighted by atomic mass is 10.0. The molecular weight excluding hydrogens is 196 g/mol. The van der Waals surface area contributed by atoms with Gasteiger partial charge in [-0.1, -0.05) is 18.2 Å². The first kappa shape index (κ1) is 9.91. The Hall–Kier alpha value is -1.28. The molecule has 3 N–H and O–H groups in total. The third-order valence-electron chi connectivity index (χ3n) is 3.79. The van der Waals surface area contributed by atoms with Gasteiger partial charge in [-0.2, -0.15) is 0 Å². The molecule has 0 saturated heterocycles. The van der Waals surface area contributed by atoms with Crippen molar-refractivity contribution in [1.29, 1.82) is 0 Å². The Labute approximate surface area is 95.8 Å². The third kappa shape index (κ3) is 1.63. The van der Waals surface area contributed by atoms with Crippen LogP contribution in [-0.2, 0) is 6.42 Å². The average Bonchev–Trinajstić information content (AvgIpc) is 2.86. The van der Waals surface area contributed by atoms with Crippen molar-refractivity contribution in [1.82, 2.24) is 4.98 Å². The Morgan fingerprint density at radius 2 is 2.19 bits per heavy atom. The fourth-order valence-corrected chi connectivity index (χ4v) is 2.36. The average molecular weight is 214 g/mol. The summed E-state index contributed by atoms with van der Waals surface area (Å²) in [5, 5.41) is 1.37. The molecule has 1 saturated carbocycles. The first-order chi connectivity index (χ1) is 7.68. The summed E-state index contributed by atoms with van der Waals surface area (Å²) < 4.78 is 0. The van der Waals surface area contributed by atoms with Gasteiger partial charge in [-0.3, -0.25) is 0 Å². The Bertz CT molecular complexity index is 521. The first-order valence-electron chi connectivity index (χ1n) is 6.02.